The smallest absolute Gasteiger partial charge is 0.408 e. The number of benzene rings is 1. The molecule has 0 bridgehead atoms. The van der Waals surface area contributed by atoms with Gasteiger partial charge in [-0.2, -0.15) is 4.72 Å². The third-order valence-corrected chi connectivity index (χ3v) is 6.16. The lowest BCUT2D eigenvalue weighted by molar-refractivity contribution is 0.418. The Labute approximate surface area is 146 Å². The van der Waals surface area contributed by atoms with Crippen LogP contribution in [0.3, 0.4) is 0 Å². The molecule has 0 amide bonds. The minimum absolute atomic E-state index is 0.0682. The first-order chi connectivity index (χ1) is 11.7. The second kappa shape index (κ2) is 6.56. The zero-order valence-corrected chi connectivity index (χ0v) is 15.6. The van der Waals surface area contributed by atoms with E-state index in [4.69, 9.17) is 4.42 Å². The molecule has 1 aliphatic heterocycles. The van der Waals surface area contributed by atoms with Gasteiger partial charge in [0, 0.05) is 24.1 Å². The van der Waals surface area contributed by atoms with Gasteiger partial charge in [0.1, 0.15) is 0 Å². The fraction of sp³-hybridized carbons (Fsp3) is 0.562. The van der Waals surface area contributed by atoms with E-state index in [1.54, 1.807) is 6.07 Å². The summed E-state index contributed by atoms with van der Waals surface area (Å²) in [5, 5.41) is 0. The Hall–Kier alpha value is -1.68. The van der Waals surface area contributed by atoms with Crippen molar-refractivity contribution in [3.8, 4) is 0 Å². The lowest BCUT2D eigenvalue weighted by Crippen LogP contribution is -2.46. The molecule has 3 rings (SSSR count). The van der Waals surface area contributed by atoms with Crippen LogP contribution in [0.4, 0.5) is 0 Å². The van der Waals surface area contributed by atoms with Crippen LogP contribution in [0.25, 0.3) is 11.1 Å². The quantitative estimate of drug-likeness (QED) is 0.735. The summed E-state index contributed by atoms with van der Waals surface area (Å²) in [6.45, 7) is 7.77. The van der Waals surface area contributed by atoms with Gasteiger partial charge in [-0.25, -0.2) is 18.6 Å². The molecular weight excluding hydrogens is 344 g/mol. The number of hydrazine groups is 1. The Morgan fingerprint density at radius 2 is 2.04 bits per heavy atom. The van der Waals surface area contributed by atoms with Crippen molar-refractivity contribution in [3.05, 3.63) is 28.7 Å². The highest BCUT2D eigenvalue weighted by atomic mass is 32.2. The van der Waals surface area contributed by atoms with Crippen molar-refractivity contribution in [1.82, 2.24) is 20.1 Å². The highest BCUT2D eigenvalue weighted by molar-refractivity contribution is 7.89. The van der Waals surface area contributed by atoms with E-state index in [2.05, 4.69) is 15.6 Å². The number of fused-ring (bicyclic) bond motifs is 1. The van der Waals surface area contributed by atoms with Crippen LogP contribution in [0.2, 0.25) is 0 Å². The molecule has 9 heteroatoms. The molecule has 3 atom stereocenters. The minimum Gasteiger partial charge on any atom is -0.408 e. The Bertz CT molecular complexity index is 931. The number of oxazole rings is 1. The molecule has 138 valence electrons. The Morgan fingerprint density at radius 1 is 1.32 bits per heavy atom. The van der Waals surface area contributed by atoms with Crippen molar-refractivity contribution in [2.75, 3.05) is 0 Å². The van der Waals surface area contributed by atoms with Crippen LogP contribution in [-0.4, -0.2) is 25.2 Å². The molecular formula is C16H24N4O4S. The van der Waals surface area contributed by atoms with Gasteiger partial charge in [-0.3, -0.25) is 9.99 Å². The van der Waals surface area contributed by atoms with E-state index in [0.717, 1.165) is 6.42 Å². The van der Waals surface area contributed by atoms with Crippen molar-refractivity contribution in [2.24, 2.45) is 5.92 Å². The van der Waals surface area contributed by atoms with Gasteiger partial charge in [0.15, 0.2) is 5.58 Å². The Kier molecular flexibility index (Phi) is 4.76. The summed E-state index contributed by atoms with van der Waals surface area (Å²) in [4.78, 5) is 12.0. The molecule has 1 aromatic carbocycles. The summed E-state index contributed by atoms with van der Waals surface area (Å²) in [6.07, 6.45) is 0.490. The van der Waals surface area contributed by atoms with Crippen molar-refractivity contribution in [1.29, 1.82) is 0 Å². The van der Waals surface area contributed by atoms with Crippen LogP contribution in [0.5, 0.6) is 0 Å². The highest BCUT2D eigenvalue weighted by Gasteiger charge is 2.34. The summed E-state index contributed by atoms with van der Waals surface area (Å²) < 4.78 is 34.8. The number of nitrogens with zero attached hydrogens (tertiary/aromatic N) is 1. The van der Waals surface area contributed by atoms with E-state index < -0.39 is 21.9 Å². The SMILES string of the molecule is CCC1NNC(NS(=O)(=O)c2ccc3c(c2)oc(=O)n3C(C)C)C1C. The van der Waals surface area contributed by atoms with E-state index in [1.807, 2.05) is 27.7 Å². The van der Waals surface area contributed by atoms with Crippen LogP contribution >= 0.6 is 0 Å². The van der Waals surface area contributed by atoms with Gasteiger partial charge in [0.2, 0.25) is 10.0 Å². The molecule has 0 saturated carbocycles. The van der Waals surface area contributed by atoms with Crippen LogP contribution in [0.15, 0.2) is 32.3 Å². The third-order valence-electron chi connectivity index (χ3n) is 4.72. The number of rotatable bonds is 5. The van der Waals surface area contributed by atoms with E-state index >= 15 is 0 Å². The highest BCUT2D eigenvalue weighted by Crippen LogP contribution is 2.22. The first kappa shape index (κ1) is 18.1. The summed E-state index contributed by atoms with van der Waals surface area (Å²) in [5.74, 6) is -0.392. The standard InChI is InChI=1S/C16H24N4O4S/c1-5-12-10(4)15(18-17-12)19-25(22,23)11-6-7-13-14(8-11)24-16(21)20(13)9(2)3/h6-10,12,15,17-19H,5H2,1-4H3. The van der Waals surface area contributed by atoms with Crippen LogP contribution in [0, 0.1) is 5.92 Å². The summed E-state index contributed by atoms with van der Waals surface area (Å²) >= 11 is 0. The average Bonchev–Trinajstić information content (AvgIpc) is 3.05. The normalized spacial score (nSPS) is 24.4. The van der Waals surface area contributed by atoms with E-state index in [9.17, 15) is 13.2 Å². The van der Waals surface area contributed by atoms with Gasteiger partial charge < -0.3 is 4.42 Å². The molecule has 2 aromatic rings. The number of aromatic nitrogens is 1. The number of sulfonamides is 1. The van der Waals surface area contributed by atoms with Crippen molar-refractivity contribution in [3.63, 3.8) is 0 Å². The van der Waals surface area contributed by atoms with Gasteiger partial charge in [-0.15, -0.1) is 0 Å². The molecule has 3 N–H and O–H groups in total. The van der Waals surface area contributed by atoms with Gasteiger partial charge >= 0.3 is 5.76 Å². The van der Waals surface area contributed by atoms with Crippen LogP contribution < -0.4 is 21.3 Å². The van der Waals surface area contributed by atoms with E-state index in [0.29, 0.717) is 5.52 Å². The molecule has 1 aromatic heterocycles. The predicted octanol–water partition coefficient (Wildman–Crippen LogP) is 1.30. The largest absolute Gasteiger partial charge is 0.420 e. The summed E-state index contributed by atoms with van der Waals surface area (Å²) in [6, 6.07) is 4.61. The van der Waals surface area contributed by atoms with Gasteiger partial charge in [-0.05, 0) is 32.4 Å². The number of hydrogen-bond donors (Lipinski definition) is 3. The monoisotopic (exact) mass is 368 g/mol. The number of hydrogen-bond acceptors (Lipinski definition) is 6. The molecule has 8 nitrogen and oxygen atoms in total. The molecule has 3 unspecified atom stereocenters. The molecule has 2 heterocycles. The first-order valence-corrected chi connectivity index (χ1v) is 9.91. The van der Waals surface area contributed by atoms with Crippen LogP contribution in [0.1, 0.15) is 40.2 Å². The predicted molar refractivity (Wildman–Crippen MR) is 94.5 cm³/mol. The fourth-order valence-electron chi connectivity index (χ4n) is 3.21. The first-order valence-electron chi connectivity index (χ1n) is 8.43. The molecule has 0 aliphatic carbocycles. The minimum atomic E-state index is -3.75. The van der Waals surface area contributed by atoms with Gasteiger partial charge in [-0.1, -0.05) is 13.8 Å². The molecule has 0 spiro atoms. The van der Waals surface area contributed by atoms with Crippen LogP contribution in [-0.2, 0) is 10.0 Å². The lowest BCUT2D eigenvalue weighted by Gasteiger charge is -2.18. The summed E-state index contributed by atoms with van der Waals surface area (Å²) in [5.41, 5.74) is 6.92. The zero-order chi connectivity index (χ0) is 18.4. The average molecular weight is 368 g/mol. The van der Waals surface area contributed by atoms with Gasteiger partial charge in [0.05, 0.1) is 16.6 Å². The number of nitrogens with one attached hydrogen (secondary N) is 3. The van der Waals surface area contributed by atoms with E-state index in [1.165, 1.54) is 16.7 Å². The molecule has 1 aliphatic rings. The Morgan fingerprint density at radius 3 is 2.64 bits per heavy atom. The second-order valence-electron chi connectivity index (χ2n) is 6.72. The maximum absolute atomic E-state index is 12.7. The third kappa shape index (κ3) is 3.24. The van der Waals surface area contributed by atoms with E-state index in [-0.39, 0.29) is 28.5 Å². The Balaban J connectivity index is 1.92. The van der Waals surface area contributed by atoms with Gasteiger partial charge in [0.25, 0.3) is 0 Å². The maximum atomic E-state index is 12.7. The molecule has 1 fully saturated rings. The summed E-state index contributed by atoms with van der Waals surface area (Å²) in [7, 11) is -3.75. The maximum Gasteiger partial charge on any atom is 0.420 e. The topological polar surface area (TPSA) is 105 Å². The van der Waals surface area contributed by atoms with Crippen molar-refractivity contribution in [2.45, 2.75) is 57.3 Å². The lowest BCUT2D eigenvalue weighted by atomic mass is 10.0. The molecule has 0 radical (unpaired) electrons. The molecule has 25 heavy (non-hydrogen) atoms. The van der Waals surface area contributed by atoms with Crippen molar-refractivity contribution >= 4 is 21.1 Å². The second-order valence-corrected chi connectivity index (χ2v) is 8.44. The van der Waals surface area contributed by atoms with Crippen molar-refractivity contribution < 1.29 is 12.8 Å². The zero-order valence-electron chi connectivity index (χ0n) is 14.7. The molecule has 1 saturated heterocycles. The fourth-order valence-corrected chi connectivity index (χ4v) is 4.46.